The molecule has 0 spiro atoms. The zero-order valence-corrected chi connectivity index (χ0v) is 12.4. The topological polar surface area (TPSA) is 81.7 Å². The van der Waals surface area contributed by atoms with Crippen molar-refractivity contribution in [1.29, 1.82) is 0 Å². The Morgan fingerprint density at radius 1 is 1.41 bits per heavy atom. The van der Waals surface area contributed by atoms with Crippen LogP contribution in [0.4, 0.5) is 11.4 Å². The third kappa shape index (κ3) is 2.69. The highest BCUT2D eigenvalue weighted by molar-refractivity contribution is 6.17. The van der Waals surface area contributed by atoms with E-state index in [4.69, 9.17) is 5.11 Å². The minimum absolute atomic E-state index is 0.0192. The number of fused-ring (bicyclic) bond motifs is 1. The number of hydrogen-bond donors (Lipinski definition) is 3. The molecule has 6 nitrogen and oxygen atoms in total. The van der Waals surface area contributed by atoms with Crippen molar-refractivity contribution < 1.29 is 14.7 Å². The molecule has 0 bridgehead atoms. The van der Waals surface area contributed by atoms with Crippen molar-refractivity contribution in [2.24, 2.45) is 0 Å². The molecule has 6 heteroatoms. The molecule has 2 amide bonds. The molecule has 1 aromatic carbocycles. The second-order valence-electron chi connectivity index (χ2n) is 5.66. The van der Waals surface area contributed by atoms with Gasteiger partial charge in [-0.3, -0.25) is 14.5 Å². The lowest BCUT2D eigenvalue weighted by Crippen LogP contribution is -2.34. The van der Waals surface area contributed by atoms with Crippen LogP contribution in [0.5, 0.6) is 0 Å². The van der Waals surface area contributed by atoms with Gasteiger partial charge in [-0.15, -0.1) is 0 Å². The molecule has 0 aromatic heterocycles. The Labute approximate surface area is 128 Å². The van der Waals surface area contributed by atoms with Crippen molar-refractivity contribution in [3.8, 4) is 0 Å². The van der Waals surface area contributed by atoms with Crippen LogP contribution in [0.15, 0.2) is 30.0 Å². The third-order valence-corrected chi connectivity index (χ3v) is 3.97. The van der Waals surface area contributed by atoms with E-state index in [0.717, 1.165) is 29.1 Å². The molecule has 0 saturated heterocycles. The highest BCUT2D eigenvalue weighted by atomic mass is 16.3. The molecule has 0 radical (unpaired) electrons. The van der Waals surface area contributed by atoms with Crippen molar-refractivity contribution >= 4 is 23.2 Å². The molecule has 0 aliphatic carbocycles. The molecule has 1 aromatic rings. The minimum atomic E-state index is -0.400. The maximum absolute atomic E-state index is 12.1. The van der Waals surface area contributed by atoms with Gasteiger partial charge in [-0.1, -0.05) is 0 Å². The molecule has 0 fully saturated rings. The van der Waals surface area contributed by atoms with E-state index in [9.17, 15) is 9.59 Å². The van der Waals surface area contributed by atoms with Crippen molar-refractivity contribution in [3.05, 3.63) is 35.5 Å². The Balaban J connectivity index is 1.76. The van der Waals surface area contributed by atoms with Gasteiger partial charge in [0.25, 0.3) is 11.8 Å². The summed E-state index contributed by atoms with van der Waals surface area (Å²) < 4.78 is 0. The van der Waals surface area contributed by atoms with E-state index in [-0.39, 0.29) is 18.8 Å². The summed E-state index contributed by atoms with van der Waals surface area (Å²) in [6.07, 6.45) is 3.33. The number of nitrogens with zero attached hydrogens (tertiary/aromatic N) is 1. The van der Waals surface area contributed by atoms with Crippen LogP contribution in [0.25, 0.3) is 0 Å². The Kier molecular flexibility index (Phi) is 3.85. The van der Waals surface area contributed by atoms with E-state index >= 15 is 0 Å². The van der Waals surface area contributed by atoms with E-state index in [2.05, 4.69) is 17.6 Å². The zero-order chi connectivity index (χ0) is 15.7. The van der Waals surface area contributed by atoms with Crippen molar-refractivity contribution in [2.75, 3.05) is 23.8 Å². The van der Waals surface area contributed by atoms with Crippen molar-refractivity contribution in [1.82, 2.24) is 4.90 Å². The van der Waals surface area contributed by atoms with Gasteiger partial charge < -0.3 is 15.7 Å². The fraction of sp³-hybridized carbons (Fsp3) is 0.375. The predicted molar refractivity (Wildman–Crippen MR) is 83.4 cm³/mol. The average Bonchev–Trinajstić information content (AvgIpc) is 2.75. The van der Waals surface area contributed by atoms with Crippen LogP contribution >= 0.6 is 0 Å². The second-order valence-corrected chi connectivity index (χ2v) is 5.66. The van der Waals surface area contributed by atoms with Gasteiger partial charge in [0.2, 0.25) is 0 Å². The summed E-state index contributed by atoms with van der Waals surface area (Å²) in [6, 6.07) is 6.34. The van der Waals surface area contributed by atoms with Gasteiger partial charge in [0, 0.05) is 23.5 Å². The lowest BCUT2D eigenvalue weighted by molar-refractivity contribution is -0.137. The number of hydrogen-bond acceptors (Lipinski definition) is 5. The Hall–Kier alpha value is -2.34. The van der Waals surface area contributed by atoms with Gasteiger partial charge in [-0.25, -0.2) is 0 Å². The highest BCUT2D eigenvalue weighted by Gasteiger charge is 2.30. The monoisotopic (exact) mass is 301 g/mol. The first-order valence-corrected chi connectivity index (χ1v) is 7.43. The largest absolute Gasteiger partial charge is 0.395 e. The fourth-order valence-corrected chi connectivity index (χ4v) is 2.79. The quantitative estimate of drug-likeness (QED) is 0.725. The van der Waals surface area contributed by atoms with Crippen LogP contribution in [0.1, 0.15) is 18.9 Å². The molecule has 3 N–H and O–H groups in total. The van der Waals surface area contributed by atoms with Crippen LogP contribution < -0.4 is 10.6 Å². The maximum Gasteiger partial charge on any atom is 0.277 e. The lowest BCUT2D eigenvalue weighted by Gasteiger charge is -2.24. The molecular weight excluding hydrogens is 282 g/mol. The van der Waals surface area contributed by atoms with Crippen molar-refractivity contribution in [2.45, 2.75) is 25.8 Å². The number of aliphatic hydroxyl groups excluding tert-OH is 1. The second kappa shape index (κ2) is 5.81. The Bertz CT molecular complexity index is 654. The summed E-state index contributed by atoms with van der Waals surface area (Å²) >= 11 is 0. The van der Waals surface area contributed by atoms with Gasteiger partial charge in [0.1, 0.15) is 5.70 Å². The number of aliphatic hydroxyl groups is 1. The van der Waals surface area contributed by atoms with Crippen LogP contribution in [0.3, 0.4) is 0 Å². The number of anilines is 2. The molecular formula is C16H19N3O3. The van der Waals surface area contributed by atoms with Crippen LogP contribution in [0.2, 0.25) is 0 Å². The molecule has 22 heavy (non-hydrogen) atoms. The smallest absolute Gasteiger partial charge is 0.277 e. The van der Waals surface area contributed by atoms with E-state index < -0.39 is 11.8 Å². The van der Waals surface area contributed by atoms with Crippen LogP contribution in [0, 0.1) is 0 Å². The summed E-state index contributed by atoms with van der Waals surface area (Å²) in [4.78, 5) is 24.8. The van der Waals surface area contributed by atoms with E-state index in [1.54, 1.807) is 0 Å². The SMILES string of the molecule is CC1CCc2cc(NC3=CC(=O)N(CCO)C3=O)ccc2N1. The van der Waals surface area contributed by atoms with E-state index in [1.807, 2.05) is 18.2 Å². The standard InChI is InChI=1S/C16H19N3O3/c1-10-2-3-11-8-12(4-5-13(11)17-10)18-14-9-15(21)19(6-7-20)16(14)22/h4-5,8-10,17-18,20H,2-3,6-7H2,1H3. The number of amides is 2. The number of carbonyl (C=O) groups is 2. The normalized spacial score (nSPS) is 20.5. The summed E-state index contributed by atoms with van der Waals surface area (Å²) in [6.45, 7) is 1.94. The first kappa shape index (κ1) is 14.6. The summed E-state index contributed by atoms with van der Waals surface area (Å²) in [5.74, 6) is -0.793. The predicted octanol–water partition coefficient (Wildman–Crippen LogP) is 1.09. The number of β-amino-alcohol motifs (C(OH)–C–C–N with tert-alkyl or cyclic N) is 1. The van der Waals surface area contributed by atoms with E-state index in [0.29, 0.717) is 6.04 Å². The van der Waals surface area contributed by atoms with E-state index in [1.165, 1.54) is 11.6 Å². The first-order chi connectivity index (χ1) is 10.6. The van der Waals surface area contributed by atoms with Crippen LogP contribution in [-0.4, -0.2) is 41.0 Å². The Morgan fingerprint density at radius 2 is 2.23 bits per heavy atom. The number of rotatable bonds is 4. The number of benzene rings is 1. The van der Waals surface area contributed by atoms with Gasteiger partial charge >= 0.3 is 0 Å². The molecule has 116 valence electrons. The lowest BCUT2D eigenvalue weighted by atomic mass is 9.98. The van der Waals surface area contributed by atoms with Gasteiger partial charge in [-0.2, -0.15) is 0 Å². The Morgan fingerprint density at radius 3 is 3.00 bits per heavy atom. The molecule has 2 aliphatic heterocycles. The third-order valence-electron chi connectivity index (χ3n) is 3.97. The molecule has 1 unspecified atom stereocenters. The number of aryl methyl sites for hydroxylation is 1. The molecule has 2 heterocycles. The summed E-state index contributed by atoms with van der Waals surface area (Å²) in [5.41, 5.74) is 3.35. The van der Waals surface area contributed by atoms with Gasteiger partial charge in [0.15, 0.2) is 0 Å². The molecule has 2 aliphatic rings. The van der Waals surface area contributed by atoms with Gasteiger partial charge in [0.05, 0.1) is 13.2 Å². The molecule has 3 rings (SSSR count). The zero-order valence-electron chi connectivity index (χ0n) is 12.4. The first-order valence-electron chi connectivity index (χ1n) is 7.43. The number of imide groups is 1. The number of carbonyl (C=O) groups excluding carboxylic acids is 2. The minimum Gasteiger partial charge on any atom is -0.395 e. The van der Waals surface area contributed by atoms with Gasteiger partial charge in [-0.05, 0) is 43.5 Å². The van der Waals surface area contributed by atoms with Crippen molar-refractivity contribution in [3.63, 3.8) is 0 Å². The number of nitrogens with one attached hydrogen (secondary N) is 2. The fourth-order valence-electron chi connectivity index (χ4n) is 2.79. The van der Waals surface area contributed by atoms with Crippen LogP contribution in [-0.2, 0) is 16.0 Å². The summed E-state index contributed by atoms with van der Waals surface area (Å²) in [7, 11) is 0. The average molecular weight is 301 g/mol. The maximum atomic E-state index is 12.1. The highest BCUT2D eigenvalue weighted by Crippen LogP contribution is 2.28. The summed E-state index contributed by atoms with van der Waals surface area (Å²) in [5, 5.41) is 15.3. The molecule has 0 saturated carbocycles. The molecule has 1 atom stereocenters.